The van der Waals surface area contributed by atoms with Gasteiger partial charge in [0.2, 0.25) is 11.7 Å². The molecule has 3 rings (SSSR count). The molecule has 0 spiro atoms. The molecule has 2 heterocycles. The first-order chi connectivity index (χ1) is 13.1. The Labute approximate surface area is 160 Å². The van der Waals surface area contributed by atoms with Crippen molar-refractivity contribution in [2.45, 2.75) is 26.2 Å². The summed E-state index contributed by atoms with van der Waals surface area (Å²) >= 11 is 1.51. The van der Waals surface area contributed by atoms with Crippen LogP contribution in [-0.2, 0) is 27.2 Å². The van der Waals surface area contributed by atoms with Crippen molar-refractivity contribution in [3.8, 4) is 10.7 Å². The van der Waals surface area contributed by atoms with Crippen molar-refractivity contribution >= 4 is 28.9 Å². The van der Waals surface area contributed by atoms with Crippen LogP contribution in [-0.4, -0.2) is 28.6 Å². The lowest BCUT2D eigenvalue weighted by Gasteiger charge is -2.07. The van der Waals surface area contributed by atoms with E-state index < -0.39 is 5.97 Å². The highest BCUT2D eigenvalue weighted by Gasteiger charge is 2.13. The predicted molar refractivity (Wildman–Crippen MR) is 101 cm³/mol. The Hall–Kier alpha value is -3.00. The molecule has 140 valence electrons. The Morgan fingerprint density at radius 1 is 1.22 bits per heavy atom. The molecule has 0 aliphatic heterocycles. The minimum atomic E-state index is -0.498. The predicted octanol–water partition coefficient (Wildman–Crippen LogP) is 3.48. The number of aryl methyl sites for hydroxylation is 2. The Morgan fingerprint density at radius 2 is 2.04 bits per heavy atom. The second-order valence-electron chi connectivity index (χ2n) is 5.75. The molecule has 2 aromatic heterocycles. The van der Waals surface area contributed by atoms with Crippen molar-refractivity contribution in [3.63, 3.8) is 0 Å². The number of hydrogen-bond acceptors (Lipinski definition) is 7. The van der Waals surface area contributed by atoms with Crippen LogP contribution in [0, 0.1) is 0 Å². The van der Waals surface area contributed by atoms with Crippen LogP contribution in [0.3, 0.4) is 0 Å². The normalized spacial score (nSPS) is 10.6. The molecule has 8 heteroatoms. The summed E-state index contributed by atoms with van der Waals surface area (Å²) in [4.78, 5) is 28.8. The number of rotatable bonds is 8. The summed E-state index contributed by atoms with van der Waals surface area (Å²) in [6.07, 6.45) is 1.25. The van der Waals surface area contributed by atoms with E-state index in [0.717, 1.165) is 11.3 Å². The second kappa shape index (κ2) is 9.09. The minimum Gasteiger partial charge on any atom is -0.456 e. The van der Waals surface area contributed by atoms with Gasteiger partial charge in [0, 0.05) is 12.1 Å². The summed E-state index contributed by atoms with van der Waals surface area (Å²) in [5, 5.41) is 8.49. The van der Waals surface area contributed by atoms with Crippen LogP contribution in [0.4, 0.5) is 5.69 Å². The molecule has 0 bridgehead atoms. The molecule has 1 N–H and O–H groups in total. The Kier molecular flexibility index (Phi) is 6.32. The fraction of sp³-hybridized carbons (Fsp3) is 0.263. The molecule has 7 nitrogen and oxygen atoms in total. The highest BCUT2D eigenvalue weighted by molar-refractivity contribution is 7.13. The molecular weight excluding hydrogens is 366 g/mol. The van der Waals surface area contributed by atoms with Crippen molar-refractivity contribution in [2.24, 2.45) is 0 Å². The van der Waals surface area contributed by atoms with E-state index in [-0.39, 0.29) is 25.4 Å². The number of ether oxygens (including phenoxy) is 1. The lowest BCUT2D eigenvalue weighted by atomic mass is 10.1. The quantitative estimate of drug-likeness (QED) is 0.597. The summed E-state index contributed by atoms with van der Waals surface area (Å²) in [7, 11) is 0. The van der Waals surface area contributed by atoms with Gasteiger partial charge in [-0.05, 0) is 35.6 Å². The van der Waals surface area contributed by atoms with Crippen molar-refractivity contribution in [1.29, 1.82) is 0 Å². The molecule has 1 amide bonds. The van der Waals surface area contributed by atoms with Crippen LogP contribution in [0.25, 0.3) is 10.7 Å². The molecule has 3 aromatic rings. The van der Waals surface area contributed by atoms with Crippen molar-refractivity contribution < 1.29 is 18.8 Å². The number of carbonyl (C=O) groups excluding carboxylic acids is 2. The molecular formula is C19H19N3O4S. The lowest BCUT2D eigenvalue weighted by molar-refractivity contribution is -0.147. The van der Waals surface area contributed by atoms with Gasteiger partial charge < -0.3 is 14.6 Å². The number of benzene rings is 1. The zero-order valence-electron chi connectivity index (χ0n) is 14.8. The molecule has 0 aliphatic rings. The van der Waals surface area contributed by atoms with Crippen LogP contribution < -0.4 is 5.32 Å². The SMILES string of the molecule is CCc1ccc(NC(=O)COC(=O)CCc2nc(-c3cccs3)no2)cc1. The van der Waals surface area contributed by atoms with E-state index in [1.165, 1.54) is 16.9 Å². The molecule has 0 aliphatic carbocycles. The summed E-state index contributed by atoms with van der Waals surface area (Å²) in [6, 6.07) is 11.3. The number of thiophene rings is 1. The summed E-state index contributed by atoms with van der Waals surface area (Å²) in [5.74, 6) is -0.0228. The van der Waals surface area contributed by atoms with E-state index in [1.54, 1.807) is 0 Å². The van der Waals surface area contributed by atoms with E-state index in [2.05, 4.69) is 22.4 Å². The smallest absolute Gasteiger partial charge is 0.306 e. The maximum Gasteiger partial charge on any atom is 0.306 e. The second-order valence-corrected chi connectivity index (χ2v) is 6.70. The first-order valence-electron chi connectivity index (χ1n) is 8.55. The standard InChI is InChI=1S/C19H19N3O4S/c1-2-13-5-7-14(8-6-13)20-16(23)12-25-18(24)10-9-17-21-19(22-26-17)15-4-3-11-27-15/h3-8,11H,2,9-10,12H2,1H3,(H,20,23). The van der Waals surface area contributed by atoms with Gasteiger partial charge in [-0.1, -0.05) is 30.3 Å². The zero-order chi connectivity index (χ0) is 19.1. The van der Waals surface area contributed by atoms with Crippen LogP contribution in [0.1, 0.15) is 24.8 Å². The third-order valence-electron chi connectivity index (χ3n) is 3.76. The highest BCUT2D eigenvalue weighted by Crippen LogP contribution is 2.21. The zero-order valence-corrected chi connectivity index (χ0v) is 15.6. The average Bonchev–Trinajstić information content (AvgIpc) is 3.37. The molecule has 27 heavy (non-hydrogen) atoms. The minimum absolute atomic E-state index is 0.0601. The van der Waals surface area contributed by atoms with Gasteiger partial charge in [-0.2, -0.15) is 4.98 Å². The lowest BCUT2D eigenvalue weighted by Crippen LogP contribution is -2.21. The average molecular weight is 385 g/mol. The van der Waals surface area contributed by atoms with Gasteiger partial charge in [-0.15, -0.1) is 11.3 Å². The number of anilines is 1. The number of nitrogens with zero attached hydrogens (tertiary/aromatic N) is 2. The van der Waals surface area contributed by atoms with E-state index in [0.29, 0.717) is 17.4 Å². The van der Waals surface area contributed by atoms with E-state index in [1.807, 2.05) is 41.8 Å². The van der Waals surface area contributed by atoms with Crippen molar-refractivity contribution in [2.75, 3.05) is 11.9 Å². The van der Waals surface area contributed by atoms with Crippen LogP contribution in [0.2, 0.25) is 0 Å². The molecule has 0 fully saturated rings. The maximum absolute atomic E-state index is 11.9. The molecule has 0 unspecified atom stereocenters. The number of esters is 1. The Balaban J connectivity index is 1.39. The van der Waals surface area contributed by atoms with Crippen molar-refractivity contribution in [3.05, 3.63) is 53.2 Å². The molecule has 0 saturated carbocycles. The van der Waals surface area contributed by atoms with Crippen LogP contribution in [0.15, 0.2) is 46.3 Å². The first-order valence-corrected chi connectivity index (χ1v) is 9.43. The Bertz CT molecular complexity index is 888. The molecule has 1 aromatic carbocycles. The van der Waals surface area contributed by atoms with Crippen LogP contribution in [0.5, 0.6) is 0 Å². The largest absolute Gasteiger partial charge is 0.456 e. The number of hydrogen-bond donors (Lipinski definition) is 1. The molecule has 0 saturated heterocycles. The summed E-state index contributed by atoms with van der Waals surface area (Å²) in [6.45, 7) is 1.73. The fourth-order valence-corrected chi connectivity index (χ4v) is 2.96. The van der Waals surface area contributed by atoms with Gasteiger partial charge in [0.25, 0.3) is 5.91 Å². The van der Waals surface area contributed by atoms with Crippen LogP contribution >= 0.6 is 11.3 Å². The van der Waals surface area contributed by atoms with Gasteiger partial charge in [0.05, 0.1) is 11.3 Å². The number of amides is 1. The monoisotopic (exact) mass is 385 g/mol. The summed E-state index contributed by atoms with van der Waals surface area (Å²) < 4.78 is 10.1. The third-order valence-corrected chi connectivity index (χ3v) is 4.63. The number of aromatic nitrogens is 2. The number of nitrogens with one attached hydrogen (secondary N) is 1. The molecule has 0 atom stereocenters. The summed E-state index contributed by atoms with van der Waals surface area (Å²) in [5.41, 5.74) is 1.85. The maximum atomic E-state index is 11.9. The fourth-order valence-electron chi connectivity index (χ4n) is 2.31. The Morgan fingerprint density at radius 3 is 2.74 bits per heavy atom. The van der Waals surface area contributed by atoms with Gasteiger partial charge in [-0.25, -0.2) is 0 Å². The van der Waals surface area contributed by atoms with Crippen molar-refractivity contribution in [1.82, 2.24) is 10.1 Å². The van der Waals surface area contributed by atoms with E-state index in [4.69, 9.17) is 9.26 Å². The topological polar surface area (TPSA) is 94.3 Å². The van der Waals surface area contributed by atoms with Gasteiger partial charge >= 0.3 is 5.97 Å². The molecule has 0 radical (unpaired) electrons. The van der Waals surface area contributed by atoms with Gasteiger partial charge in [0.15, 0.2) is 6.61 Å². The first kappa shape index (κ1) is 18.8. The third kappa shape index (κ3) is 5.49. The highest BCUT2D eigenvalue weighted by atomic mass is 32.1. The van der Waals surface area contributed by atoms with Gasteiger partial charge in [0.1, 0.15) is 0 Å². The van der Waals surface area contributed by atoms with Gasteiger partial charge in [-0.3, -0.25) is 9.59 Å². The van der Waals surface area contributed by atoms with E-state index >= 15 is 0 Å². The van der Waals surface area contributed by atoms with E-state index in [9.17, 15) is 9.59 Å². The number of carbonyl (C=O) groups is 2.